The summed E-state index contributed by atoms with van der Waals surface area (Å²) >= 11 is 0. The van der Waals surface area contributed by atoms with Gasteiger partial charge in [-0.1, -0.05) is 6.92 Å². The monoisotopic (exact) mass is 475 g/mol. The summed E-state index contributed by atoms with van der Waals surface area (Å²) in [5.41, 5.74) is 2.38. The predicted octanol–water partition coefficient (Wildman–Crippen LogP) is 6.21. The number of halogens is 2. The summed E-state index contributed by atoms with van der Waals surface area (Å²) < 4.78 is 33.6. The fourth-order valence-electron chi connectivity index (χ4n) is 5.95. The number of ether oxygens (including phenoxy) is 1. The molecule has 180 valence electrons. The maximum absolute atomic E-state index is 14.6. The fourth-order valence-corrected chi connectivity index (χ4v) is 5.95. The van der Waals surface area contributed by atoms with E-state index in [1.165, 1.54) is 51.1 Å². The number of anilines is 1. The number of rotatable bonds is 5. The second kappa shape index (κ2) is 8.59. The molecule has 0 spiro atoms. The number of fused-ring (bicyclic) bond motifs is 4. The summed E-state index contributed by atoms with van der Waals surface area (Å²) in [4.78, 5) is 16.8. The van der Waals surface area contributed by atoms with E-state index in [1.54, 1.807) is 18.3 Å². The molecule has 0 radical (unpaired) electrons. The molecule has 6 nitrogen and oxygen atoms in total. The van der Waals surface area contributed by atoms with E-state index in [9.17, 15) is 8.78 Å². The maximum atomic E-state index is 14.6. The predicted molar refractivity (Wildman–Crippen MR) is 131 cm³/mol. The molecule has 8 heteroatoms. The first kappa shape index (κ1) is 21.9. The molecule has 3 heterocycles. The van der Waals surface area contributed by atoms with E-state index in [-0.39, 0.29) is 5.75 Å². The summed E-state index contributed by atoms with van der Waals surface area (Å²) in [6, 6.07) is 8.40. The van der Waals surface area contributed by atoms with Gasteiger partial charge in [-0.2, -0.15) is 0 Å². The highest BCUT2D eigenvalue weighted by Gasteiger charge is 2.41. The molecule has 0 saturated heterocycles. The number of methoxy groups -OCH3 is 1. The molecule has 1 aromatic carbocycles. The molecular weight excluding hydrogens is 448 g/mol. The first-order chi connectivity index (χ1) is 17.0. The van der Waals surface area contributed by atoms with E-state index >= 15 is 0 Å². The molecule has 3 fully saturated rings. The van der Waals surface area contributed by atoms with Crippen molar-refractivity contribution < 1.29 is 13.5 Å². The standard InChI is InChI=1S/C27H27F2N5O/c1-14-15-3-5-16(6-4-15)25(14)33-24-11-22(17-7-8-23(35-2)21(29)9-17)32-27(34-24)20-13-31-26-19(20)10-18(28)12-30-26/h7-16,25H,3-6H2,1-2H3,(H,30,31)(H,32,33,34). The lowest BCUT2D eigenvalue weighted by molar-refractivity contribution is 0.0928. The Morgan fingerprint density at radius 1 is 1.03 bits per heavy atom. The lowest BCUT2D eigenvalue weighted by atomic mass is 9.62. The third-order valence-corrected chi connectivity index (χ3v) is 7.86. The van der Waals surface area contributed by atoms with E-state index in [0.717, 1.165) is 5.92 Å². The van der Waals surface area contributed by atoms with Crippen LogP contribution < -0.4 is 10.1 Å². The van der Waals surface area contributed by atoms with Crippen molar-refractivity contribution in [3.8, 4) is 28.4 Å². The van der Waals surface area contributed by atoms with Crippen molar-refractivity contribution in [2.24, 2.45) is 17.8 Å². The van der Waals surface area contributed by atoms with E-state index in [1.807, 2.05) is 6.07 Å². The van der Waals surface area contributed by atoms with Crippen LogP contribution in [0.25, 0.3) is 33.7 Å². The Bertz CT molecular complexity index is 1390. The van der Waals surface area contributed by atoms with Gasteiger partial charge in [0.2, 0.25) is 0 Å². The Balaban J connectivity index is 1.46. The molecule has 4 aromatic rings. The number of nitrogens with one attached hydrogen (secondary N) is 2. The molecule has 2 bridgehead atoms. The van der Waals surface area contributed by atoms with Crippen LogP contribution in [0.1, 0.15) is 32.6 Å². The number of hydrogen-bond acceptors (Lipinski definition) is 5. The SMILES string of the molecule is COc1ccc(-c2cc(NC3C4CCC(CC4)C3C)nc(-c3c[nH]c4ncc(F)cc34)n2)cc1F. The van der Waals surface area contributed by atoms with Crippen LogP contribution in [0.3, 0.4) is 0 Å². The van der Waals surface area contributed by atoms with Crippen LogP contribution in [0.15, 0.2) is 42.7 Å². The van der Waals surface area contributed by atoms with Gasteiger partial charge >= 0.3 is 0 Å². The minimum Gasteiger partial charge on any atom is -0.494 e. The topological polar surface area (TPSA) is 75.7 Å². The lowest BCUT2D eigenvalue weighted by Crippen LogP contribution is -2.47. The molecule has 2 N–H and O–H groups in total. The summed E-state index contributed by atoms with van der Waals surface area (Å²) in [6.45, 7) is 2.32. The Morgan fingerprint density at radius 3 is 2.57 bits per heavy atom. The van der Waals surface area contributed by atoms with E-state index < -0.39 is 11.6 Å². The van der Waals surface area contributed by atoms with E-state index in [0.29, 0.717) is 57.4 Å². The quantitative estimate of drug-likeness (QED) is 0.359. The second-order valence-electron chi connectivity index (χ2n) is 9.77. The zero-order valence-corrected chi connectivity index (χ0v) is 19.7. The van der Waals surface area contributed by atoms with Crippen molar-refractivity contribution in [2.75, 3.05) is 12.4 Å². The van der Waals surface area contributed by atoms with Crippen LogP contribution in [-0.4, -0.2) is 33.1 Å². The fraction of sp³-hybridized carbons (Fsp3) is 0.370. The second-order valence-corrected chi connectivity index (χ2v) is 9.77. The Kier molecular flexibility index (Phi) is 5.39. The molecule has 35 heavy (non-hydrogen) atoms. The Labute approximate surface area is 202 Å². The van der Waals surface area contributed by atoms with E-state index in [2.05, 4.69) is 22.2 Å². The van der Waals surface area contributed by atoms with Gasteiger partial charge in [-0.25, -0.2) is 23.7 Å². The molecule has 2 atom stereocenters. The Morgan fingerprint density at radius 2 is 1.83 bits per heavy atom. The van der Waals surface area contributed by atoms with Gasteiger partial charge in [0.05, 0.1) is 19.0 Å². The number of nitrogens with zero attached hydrogens (tertiary/aromatic N) is 3. The smallest absolute Gasteiger partial charge is 0.165 e. The van der Waals surface area contributed by atoms with Crippen molar-refractivity contribution >= 4 is 16.9 Å². The summed E-state index contributed by atoms with van der Waals surface area (Å²) in [7, 11) is 1.44. The maximum Gasteiger partial charge on any atom is 0.165 e. The number of H-pyrrole nitrogens is 1. The van der Waals surface area contributed by atoms with Gasteiger partial charge < -0.3 is 15.0 Å². The lowest BCUT2D eigenvalue weighted by Gasteiger charge is -2.47. The van der Waals surface area contributed by atoms with Crippen molar-refractivity contribution in [2.45, 2.75) is 38.6 Å². The minimum atomic E-state index is -0.462. The molecular formula is C27H27F2N5O. The number of benzene rings is 1. The average Bonchev–Trinajstić information content (AvgIpc) is 3.29. The molecule has 3 aromatic heterocycles. The van der Waals surface area contributed by atoms with Crippen LogP contribution >= 0.6 is 0 Å². The number of pyridine rings is 1. The Hall–Kier alpha value is -3.55. The van der Waals surface area contributed by atoms with E-state index in [4.69, 9.17) is 14.7 Å². The molecule has 7 rings (SSSR count). The zero-order chi connectivity index (χ0) is 24.1. The largest absolute Gasteiger partial charge is 0.494 e. The van der Waals surface area contributed by atoms with Crippen molar-refractivity contribution in [1.82, 2.24) is 19.9 Å². The van der Waals surface area contributed by atoms with Crippen LogP contribution in [-0.2, 0) is 0 Å². The van der Waals surface area contributed by atoms with Crippen molar-refractivity contribution in [1.29, 1.82) is 0 Å². The van der Waals surface area contributed by atoms with Crippen molar-refractivity contribution in [3.05, 3.63) is 54.4 Å². The van der Waals surface area contributed by atoms with Crippen LogP contribution in [0, 0.1) is 29.4 Å². The third kappa shape index (κ3) is 3.90. The molecule has 3 saturated carbocycles. The highest BCUT2D eigenvalue weighted by Crippen LogP contribution is 2.46. The average molecular weight is 476 g/mol. The van der Waals surface area contributed by atoms with Gasteiger partial charge in [0.15, 0.2) is 17.4 Å². The van der Waals surface area contributed by atoms with Crippen LogP contribution in [0.5, 0.6) is 5.75 Å². The summed E-state index contributed by atoms with van der Waals surface area (Å²) in [6.07, 6.45) is 7.96. The van der Waals surface area contributed by atoms with Gasteiger partial charge in [-0.3, -0.25) is 0 Å². The van der Waals surface area contributed by atoms with Crippen LogP contribution in [0.4, 0.5) is 14.6 Å². The van der Waals surface area contributed by atoms with Crippen molar-refractivity contribution in [3.63, 3.8) is 0 Å². The summed E-state index contributed by atoms with van der Waals surface area (Å²) in [5, 5.41) is 4.30. The van der Waals surface area contributed by atoms with Gasteiger partial charge in [-0.15, -0.1) is 0 Å². The van der Waals surface area contributed by atoms with Crippen LogP contribution in [0.2, 0.25) is 0 Å². The van der Waals surface area contributed by atoms with Gasteiger partial charge in [0, 0.05) is 34.8 Å². The molecule has 0 amide bonds. The third-order valence-electron chi connectivity index (χ3n) is 7.86. The molecule has 3 aliphatic rings. The summed E-state index contributed by atoms with van der Waals surface area (Å²) in [5.74, 6) is 2.28. The molecule has 2 unspecified atom stereocenters. The highest BCUT2D eigenvalue weighted by molar-refractivity contribution is 5.92. The van der Waals surface area contributed by atoms with Gasteiger partial charge in [0.1, 0.15) is 17.3 Å². The highest BCUT2D eigenvalue weighted by atomic mass is 19.1. The molecule has 0 aliphatic heterocycles. The zero-order valence-electron chi connectivity index (χ0n) is 19.7. The molecule has 3 aliphatic carbocycles. The van der Waals surface area contributed by atoms with Gasteiger partial charge in [0.25, 0.3) is 0 Å². The number of hydrogen-bond donors (Lipinski definition) is 2. The van der Waals surface area contributed by atoms with Gasteiger partial charge in [-0.05, 0) is 67.7 Å². The number of aromatic nitrogens is 4. The minimum absolute atomic E-state index is 0.173. The first-order valence-corrected chi connectivity index (χ1v) is 12.1. The first-order valence-electron chi connectivity index (χ1n) is 12.1. The number of aromatic amines is 1. The normalized spacial score (nSPS) is 23.5.